The standard InChI is InChI=1S/C8H16.2CH4O/c1-2-4-6-8-7-5-3-1;2*1-2/h1-8H2;2*2H,1H3. The number of aliphatic hydroxyl groups is 2. The first-order chi connectivity index (χ1) is 6.00. The molecule has 2 nitrogen and oxygen atoms in total. The normalized spacial score (nSPS) is 17.0. The summed E-state index contributed by atoms with van der Waals surface area (Å²) < 4.78 is 0. The van der Waals surface area contributed by atoms with Crippen molar-refractivity contribution in [2.45, 2.75) is 51.4 Å². The van der Waals surface area contributed by atoms with Gasteiger partial charge in [0.25, 0.3) is 0 Å². The summed E-state index contributed by atoms with van der Waals surface area (Å²) in [6, 6.07) is 0. The maximum atomic E-state index is 7.00. The van der Waals surface area contributed by atoms with E-state index >= 15 is 0 Å². The summed E-state index contributed by atoms with van der Waals surface area (Å²) in [6.07, 6.45) is 12.0. The third-order valence-corrected chi connectivity index (χ3v) is 2.00. The van der Waals surface area contributed by atoms with Gasteiger partial charge < -0.3 is 10.2 Å². The Bertz CT molecular complexity index is 31.8. The van der Waals surface area contributed by atoms with Crippen molar-refractivity contribution in [2.24, 2.45) is 0 Å². The van der Waals surface area contributed by atoms with Gasteiger partial charge in [0.2, 0.25) is 0 Å². The summed E-state index contributed by atoms with van der Waals surface area (Å²) in [4.78, 5) is 0. The van der Waals surface area contributed by atoms with Crippen molar-refractivity contribution >= 4 is 0 Å². The number of hydrogen-bond acceptors (Lipinski definition) is 2. The van der Waals surface area contributed by atoms with Crippen LogP contribution in [0.4, 0.5) is 0 Å². The molecule has 0 aromatic heterocycles. The van der Waals surface area contributed by atoms with Crippen molar-refractivity contribution in [3.63, 3.8) is 0 Å². The number of aliphatic hydroxyl groups excluding tert-OH is 2. The molecule has 0 aromatic rings. The van der Waals surface area contributed by atoms with Crippen LogP contribution in [0.3, 0.4) is 0 Å². The first-order valence-electron chi connectivity index (χ1n) is 4.89. The molecule has 0 saturated heterocycles. The first kappa shape index (κ1) is 14.4. The van der Waals surface area contributed by atoms with Crippen LogP contribution in [0.2, 0.25) is 0 Å². The largest absolute Gasteiger partial charge is 0.400 e. The Hall–Kier alpha value is -0.0800. The van der Waals surface area contributed by atoms with Crippen LogP contribution in [-0.2, 0) is 0 Å². The van der Waals surface area contributed by atoms with Crippen LogP contribution in [-0.4, -0.2) is 24.4 Å². The van der Waals surface area contributed by atoms with Gasteiger partial charge in [0.15, 0.2) is 0 Å². The highest BCUT2D eigenvalue weighted by Crippen LogP contribution is 2.15. The fraction of sp³-hybridized carbons (Fsp3) is 1.00. The van der Waals surface area contributed by atoms with Gasteiger partial charge in [-0.05, 0) is 0 Å². The van der Waals surface area contributed by atoms with Gasteiger partial charge in [-0.15, -0.1) is 0 Å². The second-order valence-electron chi connectivity index (χ2n) is 2.83. The Kier molecular flexibility index (Phi) is 20.6. The molecule has 1 aliphatic carbocycles. The van der Waals surface area contributed by atoms with Crippen LogP contribution in [0.25, 0.3) is 0 Å². The Morgan fingerprint density at radius 3 is 0.583 bits per heavy atom. The van der Waals surface area contributed by atoms with E-state index in [9.17, 15) is 0 Å². The lowest BCUT2D eigenvalue weighted by Crippen LogP contribution is -1.85. The molecule has 0 radical (unpaired) electrons. The van der Waals surface area contributed by atoms with Crippen molar-refractivity contribution < 1.29 is 10.2 Å². The van der Waals surface area contributed by atoms with Crippen LogP contribution < -0.4 is 0 Å². The minimum Gasteiger partial charge on any atom is -0.400 e. The summed E-state index contributed by atoms with van der Waals surface area (Å²) in [5.74, 6) is 0. The molecule has 0 unspecified atom stereocenters. The molecule has 12 heavy (non-hydrogen) atoms. The van der Waals surface area contributed by atoms with Crippen molar-refractivity contribution in [3.8, 4) is 0 Å². The molecule has 1 rings (SSSR count). The highest BCUT2D eigenvalue weighted by atomic mass is 16.2. The van der Waals surface area contributed by atoms with E-state index in [2.05, 4.69) is 0 Å². The van der Waals surface area contributed by atoms with Gasteiger partial charge in [-0.1, -0.05) is 51.4 Å². The maximum absolute atomic E-state index is 7.00. The number of hydrogen-bond donors (Lipinski definition) is 2. The molecule has 1 fully saturated rings. The molecule has 0 spiro atoms. The van der Waals surface area contributed by atoms with Gasteiger partial charge in [-0.25, -0.2) is 0 Å². The lowest BCUT2D eigenvalue weighted by molar-refractivity contribution is 0.399. The monoisotopic (exact) mass is 176 g/mol. The Labute approximate surface area is 76.6 Å². The smallest absolute Gasteiger partial charge is 0.0319 e. The third-order valence-electron chi connectivity index (χ3n) is 2.00. The Morgan fingerprint density at radius 1 is 0.417 bits per heavy atom. The average molecular weight is 176 g/mol. The van der Waals surface area contributed by atoms with E-state index in [1.807, 2.05) is 0 Å². The summed E-state index contributed by atoms with van der Waals surface area (Å²) in [6.45, 7) is 0. The molecular weight excluding hydrogens is 152 g/mol. The van der Waals surface area contributed by atoms with E-state index in [1.54, 1.807) is 0 Å². The van der Waals surface area contributed by atoms with E-state index in [0.717, 1.165) is 14.2 Å². The molecular formula is C10H24O2. The van der Waals surface area contributed by atoms with Gasteiger partial charge in [-0.3, -0.25) is 0 Å². The Balaban J connectivity index is 0. The quantitative estimate of drug-likeness (QED) is 0.594. The van der Waals surface area contributed by atoms with E-state index in [0.29, 0.717) is 0 Å². The fourth-order valence-corrected chi connectivity index (χ4v) is 1.41. The zero-order chi connectivity index (χ0) is 9.66. The van der Waals surface area contributed by atoms with Crippen LogP contribution in [0.15, 0.2) is 0 Å². The molecule has 1 aliphatic rings. The highest BCUT2D eigenvalue weighted by molar-refractivity contribution is 4.51. The van der Waals surface area contributed by atoms with Gasteiger partial charge in [-0.2, -0.15) is 0 Å². The molecule has 0 bridgehead atoms. The van der Waals surface area contributed by atoms with E-state index in [4.69, 9.17) is 10.2 Å². The lowest BCUT2D eigenvalue weighted by atomic mass is 10.0. The summed E-state index contributed by atoms with van der Waals surface area (Å²) >= 11 is 0. The molecule has 0 aliphatic heterocycles. The number of rotatable bonds is 0. The van der Waals surface area contributed by atoms with Gasteiger partial charge in [0.1, 0.15) is 0 Å². The van der Waals surface area contributed by atoms with Gasteiger partial charge >= 0.3 is 0 Å². The zero-order valence-corrected chi connectivity index (χ0v) is 8.55. The predicted octanol–water partition coefficient (Wildman–Crippen LogP) is 2.34. The predicted molar refractivity (Wildman–Crippen MR) is 53.2 cm³/mol. The second kappa shape index (κ2) is 17.1. The second-order valence-corrected chi connectivity index (χ2v) is 2.83. The highest BCUT2D eigenvalue weighted by Gasteiger charge is 1.95. The summed E-state index contributed by atoms with van der Waals surface area (Å²) in [5, 5.41) is 14.0. The fourth-order valence-electron chi connectivity index (χ4n) is 1.41. The molecule has 0 atom stereocenters. The molecule has 76 valence electrons. The molecule has 2 heteroatoms. The first-order valence-corrected chi connectivity index (χ1v) is 4.89. The molecule has 0 aromatic carbocycles. The molecule has 0 heterocycles. The summed E-state index contributed by atoms with van der Waals surface area (Å²) in [5.41, 5.74) is 0. The van der Waals surface area contributed by atoms with Crippen LogP contribution in [0.5, 0.6) is 0 Å². The van der Waals surface area contributed by atoms with Gasteiger partial charge in [0.05, 0.1) is 0 Å². The maximum Gasteiger partial charge on any atom is 0.0319 e. The van der Waals surface area contributed by atoms with Crippen LogP contribution >= 0.6 is 0 Å². The molecule has 1 saturated carbocycles. The van der Waals surface area contributed by atoms with E-state index in [-0.39, 0.29) is 0 Å². The summed E-state index contributed by atoms with van der Waals surface area (Å²) in [7, 11) is 2.00. The van der Waals surface area contributed by atoms with Crippen LogP contribution in [0.1, 0.15) is 51.4 Å². The van der Waals surface area contributed by atoms with Crippen molar-refractivity contribution in [3.05, 3.63) is 0 Å². The minimum absolute atomic E-state index is 1.00. The van der Waals surface area contributed by atoms with E-state index < -0.39 is 0 Å². The third kappa shape index (κ3) is 12.6. The zero-order valence-electron chi connectivity index (χ0n) is 8.55. The molecule has 0 amide bonds. The van der Waals surface area contributed by atoms with E-state index in [1.165, 1.54) is 51.4 Å². The van der Waals surface area contributed by atoms with Gasteiger partial charge in [0, 0.05) is 14.2 Å². The minimum atomic E-state index is 1.00. The SMILES string of the molecule is C1CCCCCCC1.CO.CO. The van der Waals surface area contributed by atoms with Crippen molar-refractivity contribution in [1.29, 1.82) is 0 Å². The Morgan fingerprint density at radius 2 is 0.500 bits per heavy atom. The lowest BCUT2D eigenvalue weighted by Gasteiger charge is -2.05. The van der Waals surface area contributed by atoms with Crippen molar-refractivity contribution in [2.75, 3.05) is 14.2 Å². The van der Waals surface area contributed by atoms with Crippen LogP contribution in [0, 0.1) is 0 Å². The molecule has 2 N–H and O–H groups in total. The average Bonchev–Trinajstić information content (AvgIpc) is 2.10. The van der Waals surface area contributed by atoms with Crippen molar-refractivity contribution in [1.82, 2.24) is 0 Å². The topological polar surface area (TPSA) is 40.5 Å².